The Kier molecular flexibility index (Phi) is 6.84. The topological polar surface area (TPSA) is 72.2 Å². The van der Waals surface area contributed by atoms with Crippen LogP contribution < -0.4 is 5.43 Å². The van der Waals surface area contributed by atoms with Crippen LogP contribution in [0.4, 0.5) is 0 Å². The Labute approximate surface area is 173 Å². The molecule has 28 heavy (non-hydrogen) atoms. The molecule has 0 aliphatic carbocycles. The molecule has 3 rings (SSSR count). The largest absolute Gasteiger partial charge is 0.302 e. The van der Waals surface area contributed by atoms with Crippen LogP contribution in [0.15, 0.2) is 58.8 Å². The van der Waals surface area contributed by atoms with Gasteiger partial charge in [-0.1, -0.05) is 71.4 Å². The van der Waals surface area contributed by atoms with Gasteiger partial charge < -0.3 is 4.57 Å². The van der Waals surface area contributed by atoms with E-state index >= 15 is 0 Å². The van der Waals surface area contributed by atoms with Crippen LogP contribution in [0.25, 0.3) is 11.4 Å². The molecule has 0 aliphatic rings. The smallest absolute Gasteiger partial charge is 0.250 e. The first-order valence-corrected chi connectivity index (χ1v) is 10.1. The maximum Gasteiger partial charge on any atom is 0.250 e. The first-order valence-electron chi connectivity index (χ1n) is 8.78. The second kappa shape index (κ2) is 9.52. The number of aryl methyl sites for hydroxylation is 1. The fourth-order valence-corrected chi connectivity index (χ4v) is 3.49. The van der Waals surface area contributed by atoms with E-state index in [9.17, 15) is 4.79 Å². The van der Waals surface area contributed by atoms with Gasteiger partial charge in [0, 0.05) is 22.7 Å². The molecule has 1 N–H and O–H groups in total. The summed E-state index contributed by atoms with van der Waals surface area (Å²) in [5, 5.41) is 13.8. The van der Waals surface area contributed by atoms with E-state index in [0.29, 0.717) is 16.7 Å². The van der Waals surface area contributed by atoms with Crippen molar-refractivity contribution < 1.29 is 4.79 Å². The normalized spacial score (nSPS) is 11.1. The van der Waals surface area contributed by atoms with Crippen molar-refractivity contribution in [2.24, 2.45) is 5.10 Å². The molecule has 1 heterocycles. The van der Waals surface area contributed by atoms with E-state index in [1.54, 1.807) is 6.07 Å². The van der Waals surface area contributed by atoms with Crippen LogP contribution in [0.2, 0.25) is 5.02 Å². The third kappa shape index (κ3) is 4.99. The van der Waals surface area contributed by atoms with E-state index in [2.05, 4.69) is 20.7 Å². The molecule has 6 nitrogen and oxygen atoms in total. The van der Waals surface area contributed by atoms with Gasteiger partial charge in [0.2, 0.25) is 0 Å². The minimum atomic E-state index is -0.226. The summed E-state index contributed by atoms with van der Waals surface area (Å²) in [5.41, 5.74) is 5.44. The van der Waals surface area contributed by atoms with Gasteiger partial charge in [-0.3, -0.25) is 4.79 Å². The van der Waals surface area contributed by atoms with Gasteiger partial charge in [0.15, 0.2) is 11.0 Å². The van der Waals surface area contributed by atoms with Gasteiger partial charge >= 0.3 is 0 Å². The Morgan fingerprint density at radius 2 is 1.96 bits per heavy atom. The van der Waals surface area contributed by atoms with Crippen LogP contribution in [-0.4, -0.2) is 32.6 Å². The van der Waals surface area contributed by atoms with E-state index in [1.807, 2.05) is 60.9 Å². The summed E-state index contributed by atoms with van der Waals surface area (Å²) in [6.07, 6.45) is 1.52. The number of carbonyl (C=O) groups is 1. The van der Waals surface area contributed by atoms with Crippen LogP contribution in [-0.2, 0) is 11.3 Å². The minimum absolute atomic E-state index is 0.186. The molecule has 0 bridgehead atoms. The SMILES string of the molecule is CCn1c(SCC(=O)NN=Cc2ccccc2Cl)nnc1-c1ccc(C)cc1. The van der Waals surface area contributed by atoms with Crippen molar-refractivity contribution in [2.75, 3.05) is 5.75 Å². The predicted molar refractivity (Wildman–Crippen MR) is 114 cm³/mol. The van der Waals surface area contributed by atoms with Crippen molar-refractivity contribution in [3.63, 3.8) is 0 Å². The predicted octanol–water partition coefficient (Wildman–Crippen LogP) is 4.17. The minimum Gasteiger partial charge on any atom is -0.302 e. The molecule has 1 amide bonds. The zero-order chi connectivity index (χ0) is 19.9. The molecular formula is C20H20ClN5OS. The second-order valence-corrected chi connectivity index (χ2v) is 7.37. The molecule has 0 unspecified atom stereocenters. The van der Waals surface area contributed by atoms with E-state index in [-0.39, 0.29) is 11.7 Å². The summed E-state index contributed by atoms with van der Waals surface area (Å²) in [7, 11) is 0. The van der Waals surface area contributed by atoms with Gasteiger partial charge in [0.1, 0.15) is 0 Å². The van der Waals surface area contributed by atoms with E-state index in [1.165, 1.54) is 23.5 Å². The van der Waals surface area contributed by atoms with Crippen LogP contribution in [0.1, 0.15) is 18.1 Å². The number of nitrogens with zero attached hydrogens (tertiary/aromatic N) is 4. The molecule has 0 saturated heterocycles. The highest BCUT2D eigenvalue weighted by atomic mass is 35.5. The Morgan fingerprint density at radius 1 is 1.21 bits per heavy atom. The Morgan fingerprint density at radius 3 is 2.68 bits per heavy atom. The lowest BCUT2D eigenvalue weighted by Gasteiger charge is -2.07. The molecule has 2 aromatic carbocycles. The highest BCUT2D eigenvalue weighted by Crippen LogP contribution is 2.24. The molecule has 0 spiro atoms. The summed E-state index contributed by atoms with van der Waals surface area (Å²) in [5.74, 6) is 0.754. The summed E-state index contributed by atoms with van der Waals surface area (Å²) in [4.78, 5) is 12.1. The molecule has 0 saturated carbocycles. The van der Waals surface area contributed by atoms with Crippen LogP contribution in [0.3, 0.4) is 0 Å². The summed E-state index contributed by atoms with van der Waals surface area (Å²) in [6.45, 7) is 4.78. The van der Waals surface area contributed by atoms with Gasteiger partial charge in [-0.15, -0.1) is 10.2 Å². The number of hydrogen-bond acceptors (Lipinski definition) is 5. The number of carbonyl (C=O) groups excluding carboxylic acids is 1. The number of hydrogen-bond donors (Lipinski definition) is 1. The Hall–Kier alpha value is -2.64. The number of benzene rings is 2. The average Bonchev–Trinajstić information content (AvgIpc) is 3.11. The lowest BCUT2D eigenvalue weighted by Crippen LogP contribution is -2.20. The zero-order valence-electron chi connectivity index (χ0n) is 15.6. The molecule has 0 aliphatic heterocycles. The number of rotatable bonds is 7. The van der Waals surface area contributed by atoms with Crippen molar-refractivity contribution in [3.05, 3.63) is 64.7 Å². The first kappa shape index (κ1) is 20.1. The fourth-order valence-electron chi connectivity index (χ4n) is 2.51. The lowest BCUT2D eigenvalue weighted by molar-refractivity contribution is -0.118. The van der Waals surface area contributed by atoms with Gasteiger partial charge in [-0.2, -0.15) is 5.10 Å². The van der Waals surface area contributed by atoms with Crippen molar-refractivity contribution in [1.82, 2.24) is 20.2 Å². The number of halogens is 1. The summed E-state index contributed by atoms with van der Waals surface area (Å²) in [6, 6.07) is 15.4. The van der Waals surface area contributed by atoms with Gasteiger partial charge in [-0.05, 0) is 19.9 Å². The van der Waals surface area contributed by atoms with E-state index < -0.39 is 0 Å². The third-order valence-electron chi connectivity index (χ3n) is 3.97. The van der Waals surface area contributed by atoms with Crippen molar-refractivity contribution in [3.8, 4) is 11.4 Å². The van der Waals surface area contributed by atoms with E-state index in [4.69, 9.17) is 11.6 Å². The lowest BCUT2D eigenvalue weighted by atomic mass is 10.1. The Balaban J connectivity index is 1.60. The first-order chi connectivity index (χ1) is 13.6. The highest BCUT2D eigenvalue weighted by Gasteiger charge is 2.14. The third-order valence-corrected chi connectivity index (χ3v) is 5.28. The van der Waals surface area contributed by atoms with Crippen LogP contribution in [0.5, 0.6) is 0 Å². The van der Waals surface area contributed by atoms with Crippen molar-refractivity contribution >= 4 is 35.5 Å². The number of amides is 1. The maximum atomic E-state index is 12.1. The quantitative estimate of drug-likeness (QED) is 0.358. The molecule has 0 fully saturated rings. The molecule has 1 aromatic heterocycles. The van der Waals surface area contributed by atoms with Crippen LogP contribution >= 0.6 is 23.4 Å². The molecule has 0 radical (unpaired) electrons. The molecule has 0 atom stereocenters. The van der Waals surface area contributed by atoms with Gasteiger partial charge in [-0.25, -0.2) is 5.43 Å². The number of nitrogens with one attached hydrogen (secondary N) is 1. The monoisotopic (exact) mass is 413 g/mol. The molecular weight excluding hydrogens is 394 g/mol. The van der Waals surface area contributed by atoms with Gasteiger partial charge in [0.05, 0.1) is 12.0 Å². The van der Waals surface area contributed by atoms with Gasteiger partial charge in [0.25, 0.3) is 5.91 Å². The zero-order valence-corrected chi connectivity index (χ0v) is 17.2. The standard InChI is InChI=1S/C20H20ClN5OS/c1-3-26-19(15-10-8-14(2)9-11-15)24-25-20(26)28-13-18(27)23-22-12-16-6-4-5-7-17(16)21/h4-12H,3,13H2,1-2H3,(H,23,27). The number of hydrazone groups is 1. The van der Waals surface area contributed by atoms with E-state index in [0.717, 1.165) is 17.0 Å². The fraction of sp³-hybridized carbons (Fsp3) is 0.200. The second-order valence-electron chi connectivity index (χ2n) is 6.02. The maximum absolute atomic E-state index is 12.1. The van der Waals surface area contributed by atoms with Crippen LogP contribution in [0, 0.1) is 6.92 Å². The average molecular weight is 414 g/mol. The Bertz CT molecular complexity index is 985. The molecule has 8 heteroatoms. The number of thioether (sulfide) groups is 1. The highest BCUT2D eigenvalue weighted by molar-refractivity contribution is 7.99. The summed E-state index contributed by atoms with van der Waals surface area (Å²) >= 11 is 7.37. The summed E-state index contributed by atoms with van der Waals surface area (Å²) < 4.78 is 2.00. The van der Waals surface area contributed by atoms with Crippen molar-refractivity contribution in [2.45, 2.75) is 25.5 Å². The van der Waals surface area contributed by atoms with Crippen molar-refractivity contribution in [1.29, 1.82) is 0 Å². The molecule has 144 valence electrons. The molecule has 3 aromatic rings. The number of aromatic nitrogens is 3.